The SMILES string of the molecule is CCCCCCCCCCCCCCCCCCSCCC(N)=O. The molecule has 0 aliphatic carbocycles. The monoisotopic (exact) mass is 357 g/mol. The first-order valence-electron chi connectivity index (χ1n) is 10.6. The van der Waals surface area contributed by atoms with Crippen LogP contribution in [-0.2, 0) is 4.79 Å². The summed E-state index contributed by atoms with van der Waals surface area (Å²) in [6, 6.07) is 0. The van der Waals surface area contributed by atoms with E-state index in [1.54, 1.807) is 0 Å². The van der Waals surface area contributed by atoms with Crippen LogP contribution in [0.4, 0.5) is 0 Å². The summed E-state index contributed by atoms with van der Waals surface area (Å²) >= 11 is 1.87. The average molecular weight is 358 g/mol. The van der Waals surface area contributed by atoms with Gasteiger partial charge in [0.25, 0.3) is 0 Å². The first-order valence-corrected chi connectivity index (χ1v) is 11.8. The Balaban J connectivity index is 2.97. The fourth-order valence-corrected chi connectivity index (χ4v) is 3.98. The number of hydrogen-bond donors (Lipinski definition) is 1. The topological polar surface area (TPSA) is 43.1 Å². The second-order valence-electron chi connectivity index (χ2n) is 7.13. The third-order valence-corrected chi connectivity index (χ3v) is 5.71. The fourth-order valence-electron chi connectivity index (χ4n) is 3.03. The molecule has 144 valence electrons. The van der Waals surface area contributed by atoms with Crippen LogP contribution in [0.1, 0.15) is 116 Å². The van der Waals surface area contributed by atoms with Gasteiger partial charge in [-0.3, -0.25) is 4.79 Å². The molecular weight excluding hydrogens is 314 g/mol. The molecular formula is C21H43NOS. The van der Waals surface area contributed by atoms with E-state index in [-0.39, 0.29) is 5.91 Å². The molecule has 3 heteroatoms. The number of carbonyl (C=O) groups excluding carboxylic acids is 1. The number of rotatable bonds is 20. The zero-order valence-electron chi connectivity index (χ0n) is 16.3. The van der Waals surface area contributed by atoms with Crippen LogP contribution in [0.25, 0.3) is 0 Å². The maximum Gasteiger partial charge on any atom is 0.218 e. The van der Waals surface area contributed by atoms with E-state index < -0.39 is 0 Å². The van der Waals surface area contributed by atoms with Crippen molar-refractivity contribution in [2.75, 3.05) is 11.5 Å². The molecule has 0 radical (unpaired) electrons. The van der Waals surface area contributed by atoms with Gasteiger partial charge in [0.1, 0.15) is 0 Å². The van der Waals surface area contributed by atoms with E-state index in [4.69, 9.17) is 5.73 Å². The summed E-state index contributed by atoms with van der Waals surface area (Å²) in [6.07, 6.45) is 23.2. The normalized spacial score (nSPS) is 11.0. The van der Waals surface area contributed by atoms with Crippen molar-refractivity contribution in [2.45, 2.75) is 116 Å². The lowest BCUT2D eigenvalue weighted by Crippen LogP contribution is -2.11. The average Bonchev–Trinajstić information content (AvgIpc) is 2.56. The molecule has 0 heterocycles. The third kappa shape index (κ3) is 21.8. The Labute approximate surface area is 156 Å². The van der Waals surface area contributed by atoms with Gasteiger partial charge >= 0.3 is 0 Å². The minimum atomic E-state index is -0.172. The van der Waals surface area contributed by atoms with Crippen LogP contribution >= 0.6 is 11.8 Å². The summed E-state index contributed by atoms with van der Waals surface area (Å²) < 4.78 is 0. The number of unbranched alkanes of at least 4 members (excludes halogenated alkanes) is 15. The summed E-state index contributed by atoms with van der Waals surface area (Å²) in [5.74, 6) is 1.91. The van der Waals surface area contributed by atoms with Crippen LogP contribution in [0.2, 0.25) is 0 Å². The minimum absolute atomic E-state index is 0.172. The molecule has 0 saturated carbocycles. The van der Waals surface area contributed by atoms with Gasteiger partial charge in [-0.25, -0.2) is 0 Å². The molecule has 2 nitrogen and oxygen atoms in total. The molecule has 0 aromatic rings. The predicted molar refractivity (Wildman–Crippen MR) is 111 cm³/mol. The van der Waals surface area contributed by atoms with Crippen molar-refractivity contribution in [1.82, 2.24) is 0 Å². The van der Waals surface area contributed by atoms with Crippen molar-refractivity contribution in [2.24, 2.45) is 5.73 Å². The zero-order valence-corrected chi connectivity index (χ0v) is 17.1. The van der Waals surface area contributed by atoms with Gasteiger partial charge in [0.2, 0.25) is 5.91 Å². The highest BCUT2D eigenvalue weighted by Gasteiger charge is 1.96. The molecule has 0 aliphatic rings. The molecule has 0 aromatic heterocycles. The van der Waals surface area contributed by atoms with E-state index in [9.17, 15) is 4.79 Å². The van der Waals surface area contributed by atoms with Gasteiger partial charge in [0, 0.05) is 12.2 Å². The molecule has 0 unspecified atom stereocenters. The Kier molecular flexibility index (Phi) is 20.7. The highest BCUT2D eigenvalue weighted by Crippen LogP contribution is 2.14. The van der Waals surface area contributed by atoms with Crippen molar-refractivity contribution in [3.63, 3.8) is 0 Å². The van der Waals surface area contributed by atoms with Crippen molar-refractivity contribution >= 4 is 17.7 Å². The molecule has 0 rings (SSSR count). The van der Waals surface area contributed by atoms with Crippen LogP contribution < -0.4 is 5.73 Å². The van der Waals surface area contributed by atoms with E-state index in [0.717, 1.165) is 5.75 Å². The van der Waals surface area contributed by atoms with E-state index >= 15 is 0 Å². The number of hydrogen-bond acceptors (Lipinski definition) is 2. The molecule has 2 N–H and O–H groups in total. The van der Waals surface area contributed by atoms with Crippen molar-refractivity contribution in [3.05, 3.63) is 0 Å². The fraction of sp³-hybridized carbons (Fsp3) is 0.952. The van der Waals surface area contributed by atoms with Gasteiger partial charge < -0.3 is 5.73 Å². The Morgan fingerprint density at radius 1 is 0.625 bits per heavy atom. The summed E-state index contributed by atoms with van der Waals surface area (Å²) in [5, 5.41) is 0. The standard InChI is InChI=1S/C21H43NOS/c1-2-3-4-5-6-7-8-9-10-11-12-13-14-15-16-17-19-24-20-18-21(22)23/h2-20H2,1H3,(H2,22,23). The van der Waals surface area contributed by atoms with Gasteiger partial charge in [0.05, 0.1) is 0 Å². The Morgan fingerprint density at radius 3 is 1.38 bits per heavy atom. The lowest BCUT2D eigenvalue weighted by atomic mass is 10.0. The first kappa shape index (κ1) is 23.8. The first-order chi connectivity index (χ1) is 11.8. The van der Waals surface area contributed by atoms with Crippen LogP contribution in [0.3, 0.4) is 0 Å². The van der Waals surface area contributed by atoms with Crippen LogP contribution in [0.5, 0.6) is 0 Å². The number of amides is 1. The molecule has 0 aromatic carbocycles. The summed E-state index contributed by atoms with van der Waals surface area (Å²) in [4.78, 5) is 10.6. The maximum absolute atomic E-state index is 10.6. The highest BCUT2D eigenvalue weighted by atomic mass is 32.2. The Hall–Kier alpha value is -0.180. The van der Waals surface area contributed by atoms with Crippen molar-refractivity contribution in [1.29, 1.82) is 0 Å². The Bertz CT molecular complexity index is 258. The van der Waals surface area contributed by atoms with Crippen LogP contribution in [0, 0.1) is 0 Å². The quantitative estimate of drug-likeness (QED) is 0.242. The molecule has 0 spiro atoms. The largest absolute Gasteiger partial charge is 0.370 e. The van der Waals surface area contributed by atoms with Crippen LogP contribution in [0.15, 0.2) is 0 Å². The van der Waals surface area contributed by atoms with Crippen molar-refractivity contribution in [3.8, 4) is 0 Å². The van der Waals surface area contributed by atoms with Crippen molar-refractivity contribution < 1.29 is 4.79 Å². The van der Waals surface area contributed by atoms with E-state index in [1.807, 2.05) is 11.8 Å². The highest BCUT2D eigenvalue weighted by molar-refractivity contribution is 7.99. The van der Waals surface area contributed by atoms with Crippen LogP contribution in [-0.4, -0.2) is 17.4 Å². The van der Waals surface area contributed by atoms with Gasteiger partial charge in [-0.1, -0.05) is 103 Å². The third-order valence-electron chi connectivity index (χ3n) is 4.64. The predicted octanol–water partition coefficient (Wildman–Crippen LogP) is 6.86. The van der Waals surface area contributed by atoms with E-state index in [1.165, 1.54) is 108 Å². The number of carbonyl (C=O) groups is 1. The van der Waals surface area contributed by atoms with Gasteiger partial charge in [-0.2, -0.15) is 11.8 Å². The molecule has 0 fully saturated rings. The minimum Gasteiger partial charge on any atom is -0.370 e. The van der Waals surface area contributed by atoms with Gasteiger partial charge in [-0.05, 0) is 12.2 Å². The second-order valence-corrected chi connectivity index (χ2v) is 8.36. The summed E-state index contributed by atoms with van der Waals surface area (Å²) in [5.41, 5.74) is 5.12. The molecule has 0 aliphatic heterocycles. The lowest BCUT2D eigenvalue weighted by Gasteiger charge is -2.03. The maximum atomic E-state index is 10.6. The smallest absolute Gasteiger partial charge is 0.218 e. The molecule has 0 atom stereocenters. The summed E-state index contributed by atoms with van der Waals surface area (Å²) in [6.45, 7) is 2.29. The molecule has 0 bridgehead atoms. The number of thioether (sulfide) groups is 1. The van der Waals surface area contributed by atoms with E-state index in [2.05, 4.69) is 6.92 Å². The number of primary amides is 1. The summed E-state index contributed by atoms with van der Waals surface area (Å²) in [7, 11) is 0. The zero-order chi connectivity index (χ0) is 17.7. The lowest BCUT2D eigenvalue weighted by molar-refractivity contribution is -0.117. The van der Waals surface area contributed by atoms with Gasteiger partial charge in [0.15, 0.2) is 0 Å². The second kappa shape index (κ2) is 20.9. The molecule has 0 saturated heterocycles. The number of nitrogens with two attached hydrogens (primary N) is 1. The molecule has 1 amide bonds. The van der Waals surface area contributed by atoms with Gasteiger partial charge in [-0.15, -0.1) is 0 Å². The Morgan fingerprint density at radius 2 is 1.00 bits per heavy atom. The molecule has 24 heavy (non-hydrogen) atoms. The van der Waals surface area contributed by atoms with E-state index in [0.29, 0.717) is 6.42 Å².